The minimum atomic E-state index is -1.30. The number of aryl methyl sites for hydroxylation is 2. The Hall–Kier alpha value is -2.51. The van der Waals surface area contributed by atoms with Gasteiger partial charge in [0.15, 0.2) is 0 Å². The van der Waals surface area contributed by atoms with Gasteiger partial charge < -0.3 is 14.8 Å². The van der Waals surface area contributed by atoms with Crippen LogP contribution in [0.3, 0.4) is 0 Å². The summed E-state index contributed by atoms with van der Waals surface area (Å²) >= 11 is 1.49. The van der Waals surface area contributed by atoms with Crippen molar-refractivity contribution < 1.29 is 19.4 Å². The molecule has 0 bridgehead atoms. The third-order valence-corrected chi connectivity index (χ3v) is 7.24. The number of fused-ring (bicyclic) bond motifs is 2. The Balaban J connectivity index is 1.81. The molecule has 1 atom stereocenters. The summed E-state index contributed by atoms with van der Waals surface area (Å²) in [5.41, 5.74) is 1.56. The van der Waals surface area contributed by atoms with E-state index in [9.17, 15) is 19.8 Å². The predicted molar refractivity (Wildman–Crippen MR) is 109 cm³/mol. The standard InChI is InChI=1S/C22H20FNO4S/c1-10-19(18-8-12-16(25)3-2-4-17(12)29-18)15(23)7-13-20(10)24(11-5-6-11)9-14(21(13)26)22(27)28/h7-9,11,16,25H,2-6H2,1H3,(H,27,28). The first-order valence-corrected chi connectivity index (χ1v) is 10.6. The van der Waals surface area contributed by atoms with Crippen molar-refractivity contribution in [1.29, 1.82) is 0 Å². The lowest BCUT2D eigenvalue weighted by molar-refractivity contribution is 0.0694. The molecule has 2 aromatic heterocycles. The average molecular weight is 413 g/mol. The van der Waals surface area contributed by atoms with E-state index in [2.05, 4.69) is 0 Å². The van der Waals surface area contributed by atoms with Crippen LogP contribution in [0.25, 0.3) is 21.3 Å². The molecule has 1 saturated carbocycles. The van der Waals surface area contributed by atoms with Crippen molar-refractivity contribution in [3.63, 3.8) is 0 Å². The number of aliphatic hydroxyl groups excluding tert-OH is 1. The van der Waals surface area contributed by atoms with Gasteiger partial charge in [0.25, 0.3) is 0 Å². The Labute approximate surface area is 170 Å². The summed E-state index contributed by atoms with van der Waals surface area (Å²) in [6.07, 6.45) is 5.19. The van der Waals surface area contributed by atoms with Gasteiger partial charge in [-0.05, 0) is 62.3 Å². The summed E-state index contributed by atoms with van der Waals surface area (Å²) in [4.78, 5) is 26.1. The highest BCUT2D eigenvalue weighted by atomic mass is 32.1. The van der Waals surface area contributed by atoms with Crippen molar-refractivity contribution in [3.05, 3.63) is 55.9 Å². The molecule has 5 nitrogen and oxygen atoms in total. The van der Waals surface area contributed by atoms with Gasteiger partial charge in [-0.25, -0.2) is 9.18 Å². The van der Waals surface area contributed by atoms with E-state index in [1.54, 1.807) is 6.92 Å². The van der Waals surface area contributed by atoms with Crippen LogP contribution < -0.4 is 5.43 Å². The van der Waals surface area contributed by atoms with Crippen LogP contribution in [-0.4, -0.2) is 20.7 Å². The first-order chi connectivity index (χ1) is 13.9. The quantitative estimate of drug-likeness (QED) is 0.659. The van der Waals surface area contributed by atoms with E-state index in [1.807, 2.05) is 10.6 Å². The largest absolute Gasteiger partial charge is 0.477 e. The van der Waals surface area contributed by atoms with E-state index >= 15 is 4.39 Å². The number of carboxylic acids is 1. The topological polar surface area (TPSA) is 79.5 Å². The second-order valence-corrected chi connectivity index (χ2v) is 9.10. The van der Waals surface area contributed by atoms with Crippen LogP contribution in [0.1, 0.15) is 64.2 Å². The van der Waals surface area contributed by atoms with Crippen molar-refractivity contribution in [2.24, 2.45) is 0 Å². The molecule has 0 saturated heterocycles. The molecule has 1 fully saturated rings. The lowest BCUT2D eigenvalue weighted by Crippen LogP contribution is -2.19. The van der Waals surface area contributed by atoms with Gasteiger partial charge in [-0.3, -0.25) is 4.79 Å². The van der Waals surface area contributed by atoms with Gasteiger partial charge in [0, 0.05) is 32.9 Å². The van der Waals surface area contributed by atoms with Crippen LogP contribution in [0.15, 0.2) is 23.1 Å². The maximum atomic E-state index is 15.2. The predicted octanol–water partition coefficient (Wildman–Crippen LogP) is 4.58. The maximum absolute atomic E-state index is 15.2. The van der Waals surface area contributed by atoms with Crippen molar-refractivity contribution >= 4 is 28.2 Å². The molecule has 2 aliphatic carbocycles. The number of hydrogen-bond donors (Lipinski definition) is 2. The normalized spacial score (nSPS) is 18.8. The highest BCUT2D eigenvalue weighted by Crippen LogP contribution is 2.44. The summed E-state index contributed by atoms with van der Waals surface area (Å²) in [5, 5.41) is 19.8. The molecule has 150 valence electrons. The highest BCUT2D eigenvalue weighted by Gasteiger charge is 2.30. The summed E-state index contributed by atoms with van der Waals surface area (Å²) in [6, 6.07) is 3.18. The van der Waals surface area contributed by atoms with Gasteiger partial charge in [-0.1, -0.05) is 0 Å². The van der Waals surface area contributed by atoms with Gasteiger partial charge in [-0.2, -0.15) is 0 Å². The molecule has 1 unspecified atom stereocenters. The average Bonchev–Trinajstić information content (AvgIpc) is 3.42. The molecule has 2 heterocycles. The number of aromatic nitrogens is 1. The van der Waals surface area contributed by atoms with Crippen LogP contribution >= 0.6 is 11.3 Å². The molecule has 29 heavy (non-hydrogen) atoms. The maximum Gasteiger partial charge on any atom is 0.341 e. The number of carbonyl (C=O) groups is 1. The van der Waals surface area contributed by atoms with Crippen LogP contribution in [-0.2, 0) is 6.42 Å². The van der Waals surface area contributed by atoms with Crippen LogP contribution in [0.4, 0.5) is 4.39 Å². The van der Waals surface area contributed by atoms with Crippen molar-refractivity contribution in [3.8, 4) is 10.4 Å². The summed E-state index contributed by atoms with van der Waals surface area (Å²) < 4.78 is 17.1. The van der Waals surface area contributed by atoms with Crippen LogP contribution in [0.2, 0.25) is 0 Å². The van der Waals surface area contributed by atoms with Gasteiger partial charge in [0.1, 0.15) is 11.4 Å². The van der Waals surface area contributed by atoms with E-state index in [1.165, 1.54) is 23.6 Å². The van der Waals surface area contributed by atoms with Crippen LogP contribution in [0, 0.1) is 12.7 Å². The Morgan fingerprint density at radius 1 is 1.28 bits per heavy atom. The Bertz CT molecular complexity index is 1240. The van der Waals surface area contributed by atoms with E-state index < -0.39 is 23.3 Å². The minimum Gasteiger partial charge on any atom is -0.477 e. The fourth-order valence-corrected chi connectivity index (χ4v) is 5.79. The zero-order valence-corrected chi connectivity index (χ0v) is 16.7. The minimum absolute atomic E-state index is 0.108. The number of carboxylic acid groups (broad SMARTS) is 1. The van der Waals surface area contributed by atoms with E-state index in [0.29, 0.717) is 23.1 Å². The summed E-state index contributed by atoms with van der Waals surface area (Å²) in [6.45, 7) is 1.79. The first-order valence-electron chi connectivity index (χ1n) is 9.79. The summed E-state index contributed by atoms with van der Waals surface area (Å²) in [7, 11) is 0. The lowest BCUT2D eigenvalue weighted by atomic mass is 9.94. The molecule has 2 N–H and O–H groups in total. The molecular weight excluding hydrogens is 393 g/mol. The molecule has 7 heteroatoms. The second-order valence-electron chi connectivity index (χ2n) is 7.97. The van der Waals surface area contributed by atoms with Gasteiger partial charge in [0.2, 0.25) is 5.43 Å². The van der Waals surface area contributed by atoms with Gasteiger partial charge >= 0.3 is 5.97 Å². The number of halogens is 1. The molecular formula is C22H20FNO4S. The van der Waals surface area contributed by atoms with Crippen molar-refractivity contribution in [1.82, 2.24) is 4.57 Å². The number of aliphatic hydroxyl groups is 1. The summed E-state index contributed by atoms with van der Waals surface area (Å²) in [5.74, 6) is -1.83. The third-order valence-electron chi connectivity index (χ3n) is 6.01. The number of thiophene rings is 1. The SMILES string of the molecule is Cc1c(-c2cc3c(s2)CCCC3O)c(F)cc2c(=O)c(C(=O)O)cn(C3CC3)c12. The zero-order valence-electron chi connectivity index (χ0n) is 15.9. The van der Waals surface area contributed by atoms with E-state index in [0.717, 1.165) is 41.0 Å². The molecule has 5 rings (SSSR count). The second kappa shape index (κ2) is 6.50. The molecule has 0 amide bonds. The van der Waals surface area contributed by atoms with Gasteiger partial charge in [0.05, 0.1) is 11.6 Å². The molecule has 0 radical (unpaired) electrons. The zero-order chi connectivity index (χ0) is 20.4. The molecule has 0 spiro atoms. The number of pyridine rings is 1. The Kier molecular flexibility index (Phi) is 4.15. The number of rotatable bonds is 3. The fraction of sp³-hybridized carbons (Fsp3) is 0.364. The molecule has 0 aliphatic heterocycles. The highest BCUT2D eigenvalue weighted by molar-refractivity contribution is 7.15. The molecule has 1 aromatic carbocycles. The third kappa shape index (κ3) is 2.83. The Morgan fingerprint density at radius 3 is 2.69 bits per heavy atom. The number of nitrogens with zero attached hydrogens (tertiary/aromatic N) is 1. The number of hydrogen-bond acceptors (Lipinski definition) is 4. The van der Waals surface area contributed by atoms with Crippen molar-refractivity contribution in [2.45, 2.75) is 51.2 Å². The van der Waals surface area contributed by atoms with E-state index in [4.69, 9.17) is 0 Å². The molecule has 3 aromatic rings. The Morgan fingerprint density at radius 2 is 2.03 bits per heavy atom. The number of benzene rings is 1. The first kappa shape index (κ1) is 18.5. The fourth-order valence-electron chi connectivity index (χ4n) is 4.43. The number of aromatic carboxylic acids is 1. The monoisotopic (exact) mass is 413 g/mol. The molecule has 2 aliphatic rings. The van der Waals surface area contributed by atoms with Gasteiger partial charge in [-0.15, -0.1) is 11.3 Å². The lowest BCUT2D eigenvalue weighted by Gasteiger charge is -2.17. The van der Waals surface area contributed by atoms with Crippen LogP contribution in [0.5, 0.6) is 0 Å². The van der Waals surface area contributed by atoms with E-state index in [-0.39, 0.29) is 17.0 Å². The smallest absolute Gasteiger partial charge is 0.341 e. The van der Waals surface area contributed by atoms with Crippen molar-refractivity contribution in [2.75, 3.05) is 0 Å².